The first-order valence-electron chi connectivity index (χ1n) is 4.99. The van der Waals surface area contributed by atoms with Gasteiger partial charge in [-0.3, -0.25) is 10.1 Å². The highest BCUT2D eigenvalue weighted by molar-refractivity contribution is 4.89. The number of nitrogens with zero attached hydrogens (tertiary/aromatic N) is 1. The minimum Gasteiger partial charge on any atom is -0.348 e. The van der Waals surface area contributed by atoms with Crippen LogP contribution in [0.2, 0.25) is 0 Å². The molecular weight excluding hydrogens is 186 g/mol. The standard InChI is InChI=1S/C9H15NO4/c1-8(10(11)12)2-4-9(5-3-8)13-6-7-14-9/h2-7H2,1H3. The van der Waals surface area contributed by atoms with Crippen LogP contribution in [-0.4, -0.2) is 29.5 Å². The third-order valence-electron chi connectivity index (χ3n) is 3.34. The Morgan fingerprint density at radius 3 is 2.07 bits per heavy atom. The predicted octanol–water partition coefficient (Wildman–Crippen LogP) is 1.34. The Kier molecular flexibility index (Phi) is 2.23. The van der Waals surface area contributed by atoms with Gasteiger partial charge in [0.05, 0.1) is 13.2 Å². The largest absolute Gasteiger partial charge is 0.348 e. The lowest BCUT2D eigenvalue weighted by Gasteiger charge is -2.36. The molecule has 0 atom stereocenters. The van der Waals surface area contributed by atoms with Crippen LogP contribution in [0.3, 0.4) is 0 Å². The fraction of sp³-hybridized carbons (Fsp3) is 1.00. The minimum atomic E-state index is -0.777. The number of rotatable bonds is 1. The quantitative estimate of drug-likeness (QED) is 0.474. The molecule has 0 radical (unpaired) electrons. The van der Waals surface area contributed by atoms with Crippen molar-refractivity contribution in [2.45, 2.75) is 43.9 Å². The van der Waals surface area contributed by atoms with Gasteiger partial charge < -0.3 is 9.47 Å². The Bertz CT molecular complexity index is 237. The van der Waals surface area contributed by atoms with Crippen molar-refractivity contribution in [3.05, 3.63) is 10.1 Å². The highest BCUT2D eigenvalue weighted by atomic mass is 16.7. The Labute approximate surface area is 82.5 Å². The monoisotopic (exact) mass is 201 g/mol. The molecule has 0 unspecified atom stereocenters. The van der Waals surface area contributed by atoms with Crippen molar-refractivity contribution < 1.29 is 14.4 Å². The van der Waals surface area contributed by atoms with Gasteiger partial charge in [0.15, 0.2) is 5.79 Å². The summed E-state index contributed by atoms with van der Waals surface area (Å²) < 4.78 is 11.0. The van der Waals surface area contributed by atoms with E-state index in [1.165, 1.54) is 0 Å². The van der Waals surface area contributed by atoms with E-state index in [-0.39, 0.29) is 4.92 Å². The van der Waals surface area contributed by atoms with Gasteiger partial charge in [0.1, 0.15) is 0 Å². The van der Waals surface area contributed by atoms with E-state index < -0.39 is 11.3 Å². The van der Waals surface area contributed by atoms with Gasteiger partial charge in [-0.2, -0.15) is 0 Å². The molecule has 0 aromatic heterocycles. The molecule has 0 aromatic carbocycles. The van der Waals surface area contributed by atoms with Crippen molar-refractivity contribution in [1.82, 2.24) is 0 Å². The maximum Gasteiger partial charge on any atom is 0.219 e. The van der Waals surface area contributed by atoms with Gasteiger partial charge >= 0.3 is 0 Å². The summed E-state index contributed by atoms with van der Waals surface area (Å²) in [6.07, 6.45) is 2.37. The fourth-order valence-corrected chi connectivity index (χ4v) is 2.14. The second-order valence-corrected chi connectivity index (χ2v) is 4.36. The van der Waals surface area contributed by atoms with E-state index in [0.717, 1.165) is 0 Å². The van der Waals surface area contributed by atoms with Gasteiger partial charge in [0.2, 0.25) is 5.54 Å². The highest BCUT2D eigenvalue weighted by Gasteiger charge is 2.49. The molecule has 1 saturated carbocycles. The van der Waals surface area contributed by atoms with Crippen LogP contribution in [0.15, 0.2) is 0 Å². The molecule has 14 heavy (non-hydrogen) atoms. The van der Waals surface area contributed by atoms with Gasteiger partial charge in [-0.05, 0) is 0 Å². The zero-order valence-corrected chi connectivity index (χ0v) is 8.32. The lowest BCUT2D eigenvalue weighted by Crippen LogP contribution is -2.46. The van der Waals surface area contributed by atoms with Crippen molar-refractivity contribution in [1.29, 1.82) is 0 Å². The Balaban J connectivity index is 2.01. The first-order valence-corrected chi connectivity index (χ1v) is 4.99. The predicted molar refractivity (Wildman–Crippen MR) is 48.5 cm³/mol. The molecule has 2 rings (SSSR count). The van der Waals surface area contributed by atoms with Crippen LogP contribution in [0.4, 0.5) is 0 Å². The third kappa shape index (κ3) is 1.50. The average molecular weight is 201 g/mol. The van der Waals surface area contributed by atoms with Crippen LogP contribution in [-0.2, 0) is 9.47 Å². The number of hydrogen-bond donors (Lipinski definition) is 0. The average Bonchev–Trinajstić information content (AvgIpc) is 2.60. The summed E-state index contributed by atoms with van der Waals surface area (Å²) in [7, 11) is 0. The van der Waals surface area contributed by atoms with Gasteiger partial charge in [0, 0.05) is 37.5 Å². The molecule has 1 aliphatic heterocycles. The van der Waals surface area contributed by atoms with Gasteiger partial charge in [-0.15, -0.1) is 0 Å². The van der Waals surface area contributed by atoms with Crippen LogP contribution < -0.4 is 0 Å². The van der Waals surface area contributed by atoms with E-state index in [4.69, 9.17) is 9.47 Å². The van der Waals surface area contributed by atoms with Gasteiger partial charge in [0.25, 0.3) is 0 Å². The van der Waals surface area contributed by atoms with E-state index in [0.29, 0.717) is 38.9 Å². The molecule has 2 fully saturated rings. The van der Waals surface area contributed by atoms with Gasteiger partial charge in [-0.25, -0.2) is 0 Å². The minimum absolute atomic E-state index is 0.172. The maximum atomic E-state index is 10.8. The van der Waals surface area contributed by atoms with E-state index in [1.54, 1.807) is 6.92 Å². The van der Waals surface area contributed by atoms with Crippen molar-refractivity contribution >= 4 is 0 Å². The van der Waals surface area contributed by atoms with E-state index in [9.17, 15) is 10.1 Å². The first kappa shape index (κ1) is 9.86. The molecule has 1 aliphatic carbocycles. The molecule has 5 nitrogen and oxygen atoms in total. The van der Waals surface area contributed by atoms with Crippen molar-refractivity contribution in [2.24, 2.45) is 0 Å². The lowest BCUT2D eigenvalue weighted by atomic mass is 9.80. The molecule has 0 amide bonds. The molecule has 1 saturated heterocycles. The Hall–Kier alpha value is -0.680. The van der Waals surface area contributed by atoms with Crippen LogP contribution >= 0.6 is 0 Å². The highest BCUT2D eigenvalue weighted by Crippen LogP contribution is 2.41. The topological polar surface area (TPSA) is 61.6 Å². The molecule has 80 valence electrons. The number of hydrogen-bond acceptors (Lipinski definition) is 4. The van der Waals surface area contributed by atoms with Crippen molar-refractivity contribution in [3.8, 4) is 0 Å². The molecule has 1 heterocycles. The Morgan fingerprint density at radius 2 is 1.64 bits per heavy atom. The van der Waals surface area contributed by atoms with E-state index in [2.05, 4.69) is 0 Å². The van der Waals surface area contributed by atoms with Crippen LogP contribution in [0.1, 0.15) is 32.6 Å². The van der Waals surface area contributed by atoms with E-state index >= 15 is 0 Å². The van der Waals surface area contributed by atoms with Crippen LogP contribution in [0.25, 0.3) is 0 Å². The first-order chi connectivity index (χ1) is 6.56. The zero-order valence-electron chi connectivity index (χ0n) is 8.32. The lowest BCUT2D eigenvalue weighted by molar-refractivity contribution is -0.573. The molecule has 1 spiro atoms. The molecule has 0 aromatic rings. The zero-order chi connectivity index (χ0) is 10.2. The second-order valence-electron chi connectivity index (χ2n) is 4.36. The third-order valence-corrected chi connectivity index (χ3v) is 3.34. The smallest absolute Gasteiger partial charge is 0.219 e. The summed E-state index contributed by atoms with van der Waals surface area (Å²) in [5.41, 5.74) is -0.777. The van der Waals surface area contributed by atoms with Crippen LogP contribution in [0, 0.1) is 10.1 Å². The maximum absolute atomic E-state index is 10.8. The summed E-state index contributed by atoms with van der Waals surface area (Å²) in [4.78, 5) is 10.6. The second kappa shape index (κ2) is 3.17. The van der Waals surface area contributed by atoms with Crippen molar-refractivity contribution in [3.63, 3.8) is 0 Å². The van der Waals surface area contributed by atoms with Gasteiger partial charge in [-0.1, -0.05) is 0 Å². The Morgan fingerprint density at radius 1 is 1.14 bits per heavy atom. The molecular formula is C9H15NO4. The number of nitro groups is 1. The summed E-state index contributed by atoms with van der Waals surface area (Å²) >= 11 is 0. The molecule has 0 N–H and O–H groups in total. The summed E-state index contributed by atoms with van der Waals surface area (Å²) in [5, 5.41) is 10.8. The van der Waals surface area contributed by atoms with Crippen molar-refractivity contribution in [2.75, 3.05) is 13.2 Å². The molecule has 0 bridgehead atoms. The SMILES string of the molecule is CC1([N+](=O)[O-])CCC2(CC1)OCCO2. The normalized spacial score (nSPS) is 29.2. The fourth-order valence-electron chi connectivity index (χ4n) is 2.14. The summed E-state index contributed by atoms with van der Waals surface area (Å²) in [6, 6.07) is 0. The number of ether oxygens (including phenoxy) is 2. The molecule has 2 aliphatic rings. The van der Waals surface area contributed by atoms with Crippen LogP contribution in [0.5, 0.6) is 0 Å². The summed E-state index contributed by atoms with van der Waals surface area (Å²) in [5.74, 6) is -0.491. The summed E-state index contributed by atoms with van der Waals surface area (Å²) in [6.45, 7) is 2.94. The van der Waals surface area contributed by atoms with E-state index in [1.807, 2.05) is 0 Å². The molecule has 5 heteroatoms.